The zero-order valence-electron chi connectivity index (χ0n) is 14.0. The van der Waals surface area contributed by atoms with Crippen LogP contribution in [0, 0.1) is 0 Å². The van der Waals surface area contributed by atoms with Gasteiger partial charge in [0.05, 0.1) is 17.5 Å². The molecule has 8 heteroatoms. The fourth-order valence-electron chi connectivity index (χ4n) is 2.62. The number of anilines is 2. The predicted molar refractivity (Wildman–Crippen MR) is 104 cm³/mol. The quantitative estimate of drug-likeness (QED) is 0.553. The number of nitrogens with one attached hydrogen (secondary N) is 1. The van der Waals surface area contributed by atoms with Gasteiger partial charge in [-0.3, -0.25) is 9.48 Å². The Morgan fingerprint density at radius 2 is 1.85 bits per heavy atom. The number of hydrogen-bond donors (Lipinski definition) is 2. The lowest BCUT2D eigenvalue weighted by Gasteiger charge is -2.04. The Bertz CT molecular complexity index is 1170. The van der Waals surface area contributed by atoms with E-state index in [0.717, 1.165) is 16.9 Å². The number of rotatable bonds is 5. The van der Waals surface area contributed by atoms with Gasteiger partial charge in [-0.05, 0) is 29.8 Å². The van der Waals surface area contributed by atoms with Crippen molar-refractivity contribution in [1.29, 1.82) is 0 Å². The van der Waals surface area contributed by atoms with E-state index in [2.05, 4.69) is 15.4 Å². The van der Waals surface area contributed by atoms with Crippen LogP contribution in [0.2, 0.25) is 0 Å². The summed E-state index contributed by atoms with van der Waals surface area (Å²) in [5, 5.41) is 17.3. The van der Waals surface area contributed by atoms with Gasteiger partial charge < -0.3 is 10.4 Å². The molecule has 134 valence electrons. The van der Waals surface area contributed by atoms with Crippen LogP contribution in [-0.4, -0.2) is 25.8 Å². The maximum absolute atomic E-state index is 12.4. The second-order valence-corrected chi connectivity index (χ2v) is 6.83. The van der Waals surface area contributed by atoms with Crippen LogP contribution in [0.3, 0.4) is 0 Å². The van der Waals surface area contributed by atoms with Crippen molar-refractivity contribution in [2.45, 2.75) is 6.54 Å². The monoisotopic (exact) mass is 378 g/mol. The van der Waals surface area contributed by atoms with Gasteiger partial charge >= 0.3 is 5.97 Å². The maximum atomic E-state index is 12.4. The first-order valence-corrected chi connectivity index (χ1v) is 8.93. The van der Waals surface area contributed by atoms with E-state index >= 15 is 0 Å². The highest BCUT2D eigenvalue weighted by Gasteiger charge is 2.10. The lowest BCUT2D eigenvalue weighted by molar-refractivity contribution is 0.0697. The molecular weight excluding hydrogens is 364 g/mol. The summed E-state index contributed by atoms with van der Waals surface area (Å²) in [6.45, 7) is 0.556. The second-order valence-electron chi connectivity index (χ2n) is 5.86. The molecule has 27 heavy (non-hydrogen) atoms. The van der Waals surface area contributed by atoms with E-state index < -0.39 is 5.97 Å². The van der Waals surface area contributed by atoms with E-state index in [-0.39, 0.29) is 10.3 Å². The van der Waals surface area contributed by atoms with Crippen molar-refractivity contribution in [2.75, 3.05) is 5.32 Å². The Hall–Kier alpha value is -3.52. The third kappa shape index (κ3) is 3.70. The number of aromatic carboxylic acids is 1. The summed E-state index contributed by atoms with van der Waals surface area (Å²) in [5.41, 5.74) is 2.29. The Balaban J connectivity index is 1.61. The molecule has 0 atom stereocenters. The number of carboxylic acids is 1. The Morgan fingerprint density at radius 3 is 2.56 bits per heavy atom. The van der Waals surface area contributed by atoms with E-state index in [1.165, 1.54) is 12.1 Å². The molecule has 0 bridgehead atoms. The number of benzene rings is 2. The van der Waals surface area contributed by atoms with Crippen LogP contribution >= 0.6 is 11.3 Å². The molecule has 4 rings (SSSR count). The van der Waals surface area contributed by atoms with Crippen molar-refractivity contribution in [3.8, 4) is 0 Å². The molecule has 0 amide bonds. The molecular formula is C19H14N4O3S. The summed E-state index contributed by atoms with van der Waals surface area (Å²) in [6, 6.07) is 16.1. The molecule has 2 aromatic heterocycles. The van der Waals surface area contributed by atoms with Gasteiger partial charge in [0.15, 0.2) is 10.8 Å². The van der Waals surface area contributed by atoms with Crippen LogP contribution in [0.1, 0.15) is 15.9 Å². The summed E-state index contributed by atoms with van der Waals surface area (Å²) >= 11 is 0.984. The molecule has 0 aliphatic rings. The van der Waals surface area contributed by atoms with Gasteiger partial charge in [-0.15, -0.1) is 0 Å². The van der Waals surface area contributed by atoms with Crippen LogP contribution in [-0.2, 0) is 6.54 Å². The normalized spacial score (nSPS) is 10.8. The zero-order chi connectivity index (χ0) is 18.8. The highest BCUT2D eigenvalue weighted by Crippen LogP contribution is 2.20. The van der Waals surface area contributed by atoms with Crippen molar-refractivity contribution in [3.63, 3.8) is 0 Å². The molecule has 0 radical (unpaired) electrons. The summed E-state index contributed by atoms with van der Waals surface area (Å²) in [5.74, 6) is -0.991. The predicted octanol–water partition coefficient (Wildman–Crippen LogP) is 3.34. The minimum absolute atomic E-state index is 0.135. The summed E-state index contributed by atoms with van der Waals surface area (Å²) in [4.78, 5) is 27.7. The minimum Gasteiger partial charge on any atom is -0.478 e. The first-order chi connectivity index (χ1) is 13.1. The molecule has 2 heterocycles. The first kappa shape index (κ1) is 16.9. The van der Waals surface area contributed by atoms with Gasteiger partial charge in [-0.2, -0.15) is 10.1 Å². The molecule has 0 fully saturated rings. The Labute approximate surface area is 157 Å². The summed E-state index contributed by atoms with van der Waals surface area (Å²) in [7, 11) is 0. The van der Waals surface area contributed by atoms with Crippen LogP contribution in [0.15, 0.2) is 65.6 Å². The van der Waals surface area contributed by atoms with Crippen molar-refractivity contribution >= 4 is 39.2 Å². The molecule has 0 saturated heterocycles. The van der Waals surface area contributed by atoms with Crippen molar-refractivity contribution in [1.82, 2.24) is 14.8 Å². The second kappa shape index (κ2) is 7.00. The fourth-order valence-corrected chi connectivity index (χ4v) is 3.35. The van der Waals surface area contributed by atoms with Crippen molar-refractivity contribution < 1.29 is 9.90 Å². The highest BCUT2D eigenvalue weighted by atomic mass is 32.1. The van der Waals surface area contributed by atoms with Gasteiger partial charge in [-0.1, -0.05) is 41.7 Å². The molecule has 0 unspecified atom stereocenters. The fraction of sp³-hybridized carbons (Fsp3) is 0.0526. The molecule has 0 aliphatic heterocycles. The van der Waals surface area contributed by atoms with Crippen LogP contribution in [0.4, 0.5) is 10.8 Å². The lowest BCUT2D eigenvalue weighted by Crippen LogP contribution is -2.01. The van der Waals surface area contributed by atoms with E-state index in [1.807, 2.05) is 30.3 Å². The largest absolute Gasteiger partial charge is 0.478 e. The Morgan fingerprint density at radius 1 is 1.11 bits per heavy atom. The number of aromatic nitrogens is 3. The van der Waals surface area contributed by atoms with Gasteiger partial charge in [0.2, 0.25) is 4.74 Å². The topological polar surface area (TPSA) is 97.1 Å². The molecule has 4 aromatic rings. The Kier molecular flexibility index (Phi) is 4.39. The number of carbonyl (C=O) groups is 1. The van der Waals surface area contributed by atoms with Crippen LogP contribution in [0.25, 0.3) is 11.0 Å². The van der Waals surface area contributed by atoms with E-state index in [4.69, 9.17) is 5.11 Å². The summed E-state index contributed by atoms with van der Waals surface area (Å²) < 4.78 is 1.57. The van der Waals surface area contributed by atoms with E-state index in [1.54, 1.807) is 23.0 Å². The minimum atomic E-state index is -0.991. The molecule has 7 nitrogen and oxygen atoms in total. The van der Waals surface area contributed by atoms with Gasteiger partial charge in [0.25, 0.3) is 0 Å². The number of fused-ring (bicyclic) bond motifs is 1. The van der Waals surface area contributed by atoms with E-state index in [0.29, 0.717) is 28.4 Å². The SMILES string of the molecule is O=C(O)c1ccc(Nc2nc3nn(Cc4ccccc4)cc3c(=O)s2)cc1. The third-order valence-electron chi connectivity index (χ3n) is 3.93. The van der Waals surface area contributed by atoms with Gasteiger partial charge in [0.1, 0.15) is 0 Å². The molecule has 2 aromatic carbocycles. The van der Waals surface area contributed by atoms with Crippen molar-refractivity contribution in [3.05, 3.63) is 81.5 Å². The average Bonchev–Trinajstić information content (AvgIpc) is 3.06. The highest BCUT2D eigenvalue weighted by molar-refractivity contribution is 7.13. The van der Waals surface area contributed by atoms with Crippen molar-refractivity contribution in [2.24, 2.45) is 0 Å². The average molecular weight is 378 g/mol. The zero-order valence-corrected chi connectivity index (χ0v) is 14.8. The molecule has 0 saturated carbocycles. The van der Waals surface area contributed by atoms with Gasteiger partial charge in [-0.25, -0.2) is 4.79 Å². The maximum Gasteiger partial charge on any atom is 0.335 e. The summed E-state index contributed by atoms with van der Waals surface area (Å²) in [6.07, 6.45) is 1.71. The molecule has 0 spiro atoms. The number of nitrogens with zero attached hydrogens (tertiary/aromatic N) is 3. The lowest BCUT2D eigenvalue weighted by atomic mass is 10.2. The first-order valence-electron chi connectivity index (χ1n) is 8.11. The van der Waals surface area contributed by atoms with E-state index in [9.17, 15) is 9.59 Å². The molecule has 0 aliphatic carbocycles. The molecule has 2 N–H and O–H groups in total. The number of carboxylic acid groups (broad SMARTS) is 1. The standard InChI is InChI=1S/C19H14N4O3S/c24-17(25)13-6-8-14(9-7-13)20-19-21-16-15(18(26)27-19)11-23(22-16)10-12-4-2-1-3-5-12/h1-9,11H,10H2,(H,24,25)(H,20,21,22). The van der Waals surface area contributed by atoms with Crippen LogP contribution in [0.5, 0.6) is 0 Å². The third-order valence-corrected chi connectivity index (χ3v) is 4.72. The smallest absolute Gasteiger partial charge is 0.335 e. The van der Waals surface area contributed by atoms with Crippen LogP contribution < -0.4 is 10.1 Å². The number of hydrogen-bond acceptors (Lipinski definition) is 6. The van der Waals surface area contributed by atoms with Gasteiger partial charge in [0, 0.05) is 11.9 Å².